The molecule has 0 aliphatic heterocycles. The molecule has 0 atom stereocenters. The Balaban J connectivity index is 0.000000206. The van der Waals surface area contributed by atoms with Gasteiger partial charge in [0.25, 0.3) is 0 Å². The monoisotopic (exact) mass is 445 g/mol. The van der Waals surface area contributed by atoms with Crippen LogP contribution in [0.1, 0.15) is 0 Å². The Morgan fingerprint density at radius 2 is 0.774 bits per heavy atom. The Bertz CT molecular complexity index is 943. The Labute approximate surface area is 198 Å². The summed E-state index contributed by atoms with van der Waals surface area (Å²) >= 11 is 0. The van der Waals surface area contributed by atoms with Crippen LogP contribution in [0.2, 0.25) is 0 Å². The zero-order valence-corrected chi connectivity index (χ0v) is 18.6. The van der Waals surface area contributed by atoms with Crippen LogP contribution in [-0.2, 0) is 21.7 Å². The van der Waals surface area contributed by atoms with Gasteiger partial charge < -0.3 is 15.3 Å². The van der Waals surface area contributed by atoms with E-state index >= 15 is 0 Å². The average Bonchev–Trinajstić information content (AvgIpc) is 3.26. The third-order valence-corrected chi connectivity index (χ3v) is 3.82. The second-order valence-electron chi connectivity index (χ2n) is 6.16. The van der Waals surface area contributed by atoms with Gasteiger partial charge in [0.2, 0.25) is 0 Å². The standard InChI is InChI=1S/C9H7.3C6H6O.Ti/c1-2-5-9-7-3-6-8(9)4-1;3*7-6-4-2-1-3-5-6;/h1-7H;3*1-5,7H;/q-1;;;;. The summed E-state index contributed by atoms with van der Waals surface area (Å²) < 4.78 is 0. The number of hydrogen-bond donors (Lipinski definition) is 3. The third kappa shape index (κ3) is 11.4. The van der Waals surface area contributed by atoms with Crippen LogP contribution in [0.15, 0.2) is 133 Å². The van der Waals surface area contributed by atoms with Crippen LogP contribution in [0.3, 0.4) is 0 Å². The van der Waals surface area contributed by atoms with Gasteiger partial charge in [-0.05, 0) is 36.4 Å². The molecule has 0 unspecified atom stereocenters. The van der Waals surface area contributed by atoms with Crippen molar-refractivity contribution in [2.75, 3.05) is 0 Å². The van der Waals surface area contributed by atoms with Crippen molar-refractivity contribution in [3.05, 3.63) is 133 Å². The normalized spacial score (nSPS) is 8.77. The van der Waals surface area contributed by atoms with Gasteiger partial charge >= 0.3 is 0 Å². The van der Waals surface area contributed by atoms with E-state index in [1.54, 1.807) is 72.8 Å². The minimum atomic E-state index is 0. The second-order valence-corrected chi connectivity index (χ2v) is 6.16. The summed E-state index contributed by atoms with van der Waals surface area (Å²) in [5.74, 6) is 0.965. The molecule has 5 aromatic carbocycles. The molecule has 0 amide bonds. The molecular formula is C27H25O3Ti-. The number of hydrogen-bond acceptors (Lipinski definition) is 3. The average molecular weight is 445 g/mol. The molecule has 4 heteroatoms. The first-order valence-corrected chi connectivity index (χ1v) is 9.47. The van der Waals surface area contributed by atoms with Gasteiger partial charge in [-0.2, -0.15) is 17.5 Å². The molecule has 0 saturated carbocycles. The molecule has 0 aromatic heterocycles. The number of para-hydroxylation sites is 3. The van der Waals surface area contributed by atoms with Gasteiger partial charge in [0, 0.05) is 21.7 Å². The number of aromatic hydroxyl groups is 3. The van der Waals surface area contributed by atoms with Gasteiger partial charge in [0.1, 0.15) is 17.2 Å². The van der Waals surface area contributed by atoms with Crippen molar-refractivity contribution in [1.82, 2.24) is 0 Å². The largest absolute Gasteiger partial charge is 0.508 e. The third-order valence-electron chi connectivity index (χ3n) is 3.82. The number of phenols is 3. The molecule has 0 aliphatic carbocycles. The van der Waals surface area contributed by atoms with Crippen LogP contribution in [0, 0.1) is 0 Å². The first-order chi connectivity index (χ1) is 14.6. The summed E-state index contributed by atoms with van der Waals surface area (Å²) in [6.45, 7) is 0. The molecule has 0 aliphatic rings. The SMILES string of the molecule is Oc1ccccc1.Oc1ccccc1.Oc1ccccc1.[Ti].c1ccc2[cH-]ccc2c1. The van der Waals surface area contributed by atoms with Crippen molar-refractivity contribution in [3.63, 3.8) is 0 Å². The smallest absolute Gasteiger partial charge is 0.115 e. The second kappa shape index (κ2) is 15.4. The Morgan fingerprint density at radius 3 is 1.10 bits per heavy atom. The van der Waals surface area contributed by atoms with E-state index in [1.165, 1.54) is 10.8 Å². The van der Waals surface area contributed by atoms with Gasteiger partial charge in [-0.3, -0.25) is 0 Å². The molecule has 3 nitrogen and oxygen atoms in total. The topological polar surface area (TPSA) is 60.7 Å². The molecule has 3 N–H and O–H groups in total. The summed E-state index contributed by atoms with van der Waals surface area (Å²) in [6.07, 6.45) is 0. The first-order valence-electron chi connectivity index (χ1n) is 9.47. The van der Waals surface area contributed by atoms with Gasteiger partial charge in [0.15, 0.2) is 0 Å². The molecule has 0 saturated heterocycles. The summed E-state index contributed by atoms with van der Waals surface area (Å²) in [6, 6.07) is 40.8. The van der Waals surface area contributed by atoms with E-state index in [-0.39, 0.29) is 21.7 Å². The molecule has 0 fully saturated rings. The van der Waals surface area contributed by atoms with Crippen LogP contribution < -0.4 is 0 Å². The zero-order valence-electron chi connectivity index (χ0n) is 17.0. The molecule has 5 rings (SSSR count). The van der Waals surface area contributed by atoms with E-state index in [0.29, 0.717) is 17.2 Å². The van der Waals surface area contributed by atoms with E-state index in [4.69, 9.17) is 15.3 Å². The number of rotatable bonds is 0. The van der Waals surface area contributed by atoms with Crippen LogP contribution in [0.4, 0.5) is 0 Å². The van der Waals surface area contributed by atoms with Gasteiger partial charge in [0.05, 0.1) is 0 Å². The quantitative estimate of drug-likeness (QED) is 0.183. The maximum atomic E-state index is 8.63. The minimum Gasteiger partial charge on any atom is -0.508 e. The van der Waals surface area contributed by atoms with Crippen LogP contribution in [0.25, 0.3) is 10.8 Å². The summed E-state index contributed by atoms with van der Waals surface area (Å²) in [5.41, 5.74) is 0. The van der Waals surface area contributed by atoms with E-state index < -0.39 is 0 Å². The number of phenolic OH excluding ortho intramolecular Hbond substituents is 3. The molecule has 31 heavy (non-hydrogen) atoms. The molecule has 0 spiro atoms. The van der Waals surface area contributed by atoms with Gasteiger partial charge in [-0.25, -0.2) is 0 Å². The van der Waals surface area contributed by atoms with Crippen molar-refractivity contribution in [2.24, 2.45) is 0 Å². The van der Waals surface area contributed by atoms with Gasteiger partial charge in [-0.1, -0.05) is 60.7 Å². The molecular weight excluding hydrogens is 420 g/mol. The van der Waals surface area contributed by atoms with Crippen molar-refractivity contribution in [2.45, 2.75) is 0 Å². The van der Waals surface area contributed by atoms with Crippen molar-refractivity contribution < 1.29 is 37.0 Å². The Kier molecular flexibility index (Phi) is 12.8. The maximum absolute atomic E-state index is 8.63. The van der Waals surface area contributed by atoms with Crippen LogP contribution in [0.5, 0.6) is 17.2 Å². The summed E-state index contributed by atoms with van der Waals surface area (Å²) in [5, 5.41) is 28.6. The fraction of sp³-hybridized carbons (Fsp3) is 0. The van der Waals surface area contributed by atoms with E-state index in [9.17, 15) is 0 Å². The fourth-order valence-corrected chi connectivity index (χ4v) is 2.35. The van der Waals surface area contributed by atoms with E-state index in [0.717, 1.165) is 0 Å². The van der Waals surface area contributed by atoms with E-state index in [2.05, 4.69) is 42.5 Å². The van der Waals surface area contributed by atoms with Crippen molar-refractivity contribution in [1.29, 1.82) is 0 Å². The predicted octanol–water partition coefficient (Wildman–Crippen LogP) is 6.73. The van der Waals surface area contributed by atoms with Gasteiger partial charge in [-0.15, -0.1) is 29.7 Å². The summed E-state index contributed by atoms with van der Waals surface area (Å²) in [4.78, 5) is 0. The Morgan fingerprint density at radius 1 is 0.419 bits per heavy atom. The molecule has 156 valence electrons. The van der Waals surface area contributed by atoms with Crippen LogP contribution >= 0.6 is 0 Å². The maximum Gasteiger partial charge on any atom is 0.115 e. The Hall–Kier alpha value is -3.40. The van der Waals surface area contributed by atoms with E-state index in [1.807, 2.05) is 18.2 Å². The molecule has 0 heterocycles. The zero-order chi connectivity index (χ0) is 21.4. The molecule has 0 radical (unpaired) electrons. The fourth-order valence-electron chi connectivity index (χ4n) is 2.35. The number of fused-ring (bicyclic) bond motifs is 1. The summed E-state index contributed by atoms with van der Waals surface area (Å²) in [7, 11) is 0. The van der Waals surface area contributed by atoms with Crippen LogP contribution in [-0.4, -0.2) is 15.3 Å². The molecule has 0 bridgehead atoms. The predicted molar refractivity (Wildman–Crippen MR) is 124 cm³/mol. The minimum absolute atomic E-state index is 0. The van der Waals surface area contributed by atoms with Crippen molar-refractivity contribution >= 4 is 10.8 Å². The first kappa shape index (κ1) is 25.6. The van der Waals surface area contributed by atoms with Crippen molar-refractivity contribution in [3.8, 4) is 17.2 Å². The molecule has 5 aromatic rings. The number of benzene rings is 4.